The maximum Gasteiger partial charge on any atom is 0.339 e. The molecule has 0 bridgehead atoms. The molecule has 132 valence electrons. The standard InChI is InChI=1S/C17H25N3O4/c1-13(21)20(11-7-10-19(2)3)12-16(22)18-15-9-6-5-8-14(15)17(23)24-4/h5-6,8-9H,7,10-12H2,1-4H3,(H,18,22). The van der Waals surface area contributed by atoms with Gasteiger partial charge in [0.15, 0.2) is 0 Å². The summed E-state index contributed by atoms with van der Waals surface area (Å²) >= 11 is 0. The van der Waals surface area contributed by atoms with Crippen LogP contribution in [0.2, 0.25) is 0 Å². The molecule has 2 amide bonds. The van der Waals surface area contributed by atoms with Gasteiger partial charge in [-0.05, 0) is 39.2 Å². The van der Waals surface area contributed by atoms with Crippen LogP contribution in [0.3, 0.4) is 0 Å². The highest BCUT2D eigenvalue weighted by Gasteiger charge is 2.17. The van der Waals surface area contributed by atoms with Crippen molar-refractivity contribution in [2.75, 3.05) is 46.2 Å². The number of para-hydroxylation sites is 1. The monoisotopic (exact) mass is 335 g/mol. The fourth-order valence-corrected chi connectivity index (χ4v) is 2.17. The molecular formula is C17H25N3O4. The number of carbonyl (C=O) groups is 3. The molecule has 1 aromatic carbocycles. The van der Waals surface area contributed by atoms with Crippen LogP contribution >= 0.6 is 0 Å². The zero-order valence-corrected chi connectivity index (χ0v) is 14.7. The van der Waals surface area contributed by atoms with Gasteiger partial charge in [-0.25, -0.2) is 4.79 Å². The number of rotatable bonds is 8. The van der Waals surface area contributed by atoms with Gasteiger partial charge in [0.05, 0.1) is 24.9 Å². The van der Waals surface area contributed by atoms with E-state index < -0.39 is 5.97 Å². The van der Waals surface area contributed by atoms with Crippen molar-refractivity contribution in [1.82, 2.24) is 9.80 Å². The van der Waals surface area contributed by atoms with Crippen molar-refractivity contribution in [1.29, 1.82) is 0 Å². The van der Waals surface area contributed by atoms with E-state index in [2.05, 4.69) is 5.32 Å². The van der Waals surface area contributed by atoms with E-state index in [0.29, 0.717) is 12.2 Å². The van der Waals surface area contributed by atoms with Gasteiger partial charge in [-0.1, -0.05) is 12.1 Å². The average Bonchev–Trinajstić information content (AvgIpc) is 2.53. The molecule has 24 heavy (non-hydrogen) atoms. The Labute approximate surface area is 142 Å². The van der Waals surface area contributed by atoms with Crippen LogP contribution in [0.4, 0.5) is 5.69 Å². The first-order valence-corrected chi connectivity index (χ1v) is 7.72. The van der Waals surface area contributed by atoms with Crippen molar-refractivity contribution in [3.05, 3.63) is 29.8 Å². The van der Waals surface area contributed by atoms with E-state index in [-0.39, 0.29) is 23.9 Å². The Hall–Kier alpha value is -2.41. The maximum atomic E-state index is 12.2. The Kier molecular flexibility index (Phi) is 7.91. The lowest BCUT2D eigenvalue weighted by atomic mass is 10.2. The van der Waals surface area contributed by atoms with Gasteiger partial charge >= 0.3 is 5.97 Å². The van der Waals surface area contributed by atoms with Crippen LogP contribution in [0, 0.1) is 0 Å². The van der Waals surface area contributed by atoms with Gasteiger partial charge in [0.25, 0.3) is 0 Å². The largest absolute Gasteiger partial charge is 0.465 e. The average molecular weight is 335 g/mol. The van der Waals surface area contributed by atoms with Crippen LogP contribution < -0.4 is 5.32 Å². The Morgan fingerprint density at radius 2 is 1.79 bits per heavy atom. The number of methoxy groups -OCH3 is 1. The highest BCUT2D eigenvalue weighted by molar-refractivity contribution is 6.02. The zero-order valence-electron chi connectivity index (χ0n) is 14.7. The molecule has 0 unspecified atom stereocenters. The third-order valence-electron chi connectivity index (χ3n) is 3.42. The molecule has 0 saturated heterocycles. The van der Waals surface area contributed by atoms with Gasteiger partial charge < -0.3 is 19.9 Å². The number of benzene rings is 1. The molecule has 7 heteroatoms. The first-order chi connectivity index (χ1) is 11.3. The Morgan fingerprint density at radius 1 is 1.12 bits per heavy atom. The second-order valence-electron chi connectivity index (χ2n) is 5.68. The minimum absolute atomic E-state index is 0.0573. The Bertz CT molecular complexity index is 587. The van der Waals surface area contributed by atoms with E-state index >= 15 is 0 Å². The molecule has 7 nitrogen and oxygen atoms in total. The van der Waals surface area contributed by atoms with E-state index in [1.54, 1.807) is 24.3 Å². The number of carbonyl (C=O) groups excluding carboxylic acids is 3. The van der Waals surface area contributed by atoms with Crippen molar-refractivity contribution in [2.45, 2.75) is 13.3 Å². The second-order valence-corrected chi connectivity index (χ2v) is 5.68. The smallest absolute Gasteiger partial charge is 0.339 e. The zero-order chi connectivity index (χ0) is 18.1. The minimum Gasteiger partial charge on any atom is -0.465 e. The first kappa shape index (κ1) is 19.6. The molecule has 0 atom stereocenters. The van der Waals surface area contributed by atoms with Gasteiger partial charge in [0, 0.05) is 13.5 Å². The van der Waals surface area contributed by atoms with Crippen LogP contribution in [-0.2, 0) is 14.3 Å². The second kappa shape index (κ2) is 9.67. The predicted molar refractivity (Wildman–Crippen MR) is 91.8 cm³/mol. The van der Waals surface area contributed by atoms with Crippen molar-refractivity contribution in [2.24, 2.45) is 0 Å². The quantitative estimate of drug-likeness (QED) is 0.723. The van der Waals surface area contributed by atoms with Crippen LogP contribution in [0.5, 0.6) is 0 Å². The molecule has 1 N–H and O–H groups in total. The summed E-state index contributed by atoms with van der Waals surface area (Å²) in [5.74, 6) is -1.04. The molecule has 0 aromatic heterocycles. The van der Waals surface area contributed by atoms with E-state index in [9.17, 15) is 14.4 Å². The molecule has 1 rings (SSSR count). The lowest BCUT2D eigenvalue weighted by Crippen LogP contribution is -2.38. The predicted octanol–water partition coefficient (Wildman–Crippen LogP) is 1.21. The van der Waals surface area contributed by atoms with E-state index in [1.165, 1.54) is 18.9 Å². The molecule has 0 aliphatic carbocycles. The number of esters is 1. The molecule has 0 aliphatic heterocycles. The van der Waals surface area contributed by atoms with Crippen LogP contribution in [0.1, 0.15) is 23.7 Å². The lowest BCUT2D eigenvalue weighted by molar-refractivity contribution is -0.132. The molecule has 0 fully saturated rings. The molecule has 0 aliphatic rings. The van der Waals surface area contributed by atoms with Crippen molar-refractivity contribution in [3.63, 3.8) is 0 Å². The number of ether oxygens (including phenoxy) is 1. The van der Waals surface area contributed by atoms with Gasteiger partial charge in [-0.15, -0.1) is 0 Å². The normalized spacial score (nSPS) is 10.4. The summed E-state index contributed by atoms with van der Waals surface area (Å²) < 4.78 is 4.69. The van der Waals surface area contributed by atoms with Crippen molar-refractivity contribution < 1.29 is 19.1 Å². The molecule has 0 heterocycles. The molecule has 0 spiro atoms. The number of nitrogens with one attached hydrogen (secondary N) is 1. The van der Waals surface area contributed by atoms with Crippen molar-refractivity contribution in [3.8, 4) is 0 Å². The fraction of sp³-hybridized carbons (Fsp3) is 0.471. The molecule has 0 radical (unpaired) electrons. The third kappa shape index (κ3) is 6.37. The van der Waals surface area contributed by atoms with E-state index in [1.807, 2.05) is 19.0 Å². The SMILES string of the molecule is COC(=O)c1ccccc1NC(=O)CN(CCCN(C)C)C(C)=O. The number of nitrogens with zero attached hydrogens (tertiary/aromatic N) is 2. The van der Waals surface area contributed by atoms with E-state index in [0.717, 1.165) is 13.0 Å². The number of amides is 2. The summed E-state index contributed by atoms with van der Waals surface area (Å²) in [6.07, 6.45) is 0.776. The maximum absolute atomic E-state index is 12.2. The number of hydrogen-bond acceptors (Lipinski definition) is 5. The summed E-state index contributed by atoms with van der Waals surface area (Å²) in [5, 5.41) is 2.67. The summed E-state index contributed by atoms with van der Waals surface area (Å²) in [5.41, 5.74) is 0.640. The van der Waals surface area contributed by atoms with Crippen LogP contribution in [0.25, 0.3) is 0 Å². The van der Waals surface area contributed by atoms with Crippen LogP contribution in [-0.4, -0.2) is 68.4 Å². The Morgan fingerprint density at radius 3 is 2.38 bits per heavy atom. The first-order valence-electron chi connectivity index (χ1n) is 7.72. The summed E-state index contributed by atoms with van der Waals surface area (Å²) in [4.78, 5) is 39.1. The molecule has 1 aromatic rings. The summed E-state index contributed by atoms with van der Waals surface area (Å²) in [6, 6.07) is 6.59. The van der Waals surface area contributed by atoms with Crippen LogP contribution in [0.15, 0.2) is 24.3 Å². The van der Waals surface area contributed by atoms with Gasteiger partial charge in [0.2, 0.25) is 11.8 Å². The van der Waals surface area contributed by atoms with E-state index in [4.69, 9.17) is 4.74 Å². The van der Waals surface area contributed by atoms with Gasteiger partial charge in [-0.2, -0.15) is 0 Å². The number of hydrogen-bond donors (Lipinski definition) is 1. The summed E-state index contributed by atoms with van der Waals surface area (Å²) in [6.45, 7) is 2.71. The lowest BCUT2D eigenvalue weighted by Gasteiger charge is -2.21. The molecule has 0 saturated carbocycles. The summed E-state index contributed by atoms with van der Waals surface area (Å²) in [7, 11) is 5.19. The fourth-order valence-electron chi connectivity index (χ4n) is 2.17. The number of anilines is 1. The molecular weight excluding hydrogens is 310 g/mol. The Balaban J connectivity index is 2.70. The van der Waals surface area contributed by atoms with Crippen molar-refractivity contribution >= 4 is 23.5 Å². The topological polar surface area (TPSA) is 79.0 Å². The third-order valence-corrected chi connectivity index (χ3v) is 3.42. The highest BCUT2D eigenvalue weighted by Crippen LogP contribution is 2.16. The van der Waals surface area contributed by atoms with Gasteiger partial charge in [0.1, 0.15) is 0 Å². The highest BCUT2D eigenvalue weighted by atomic mass is 16.5. The minimum atomic E-state index is -0.527. The van der Waals surface area contributed by atoms with Gasteiger partial charge in [-0.3, -0.25) is 9.59 Å².